The molecule has 1 aromatic carbocycles. The molecule has 0 fully saturated rings. The van der Waals surface area contributed by atoms with Gasteiger partial charge in [-0.15, -0.1) is 10.2 Å². The summed E-state index contributed by atoms with van der Waals surface area (Å²) in [7, 11) is 0. The summed E-state index contributed by atoms with van der Waals surface area (Å²) in [4.78, 5) is 26.9. The van der Waals surface area contributed by atoms with Crippen molar-refractivity contribution < 1.29 is 5.11 Å². The van der Waals surface area contributed by atoms with Crippen LogP contribution in [0.25, 0.3) is 5.13 Å². The van der Waals surface area contributed by atoms with E-state index >= 15 is 0 Å². The molecule has 0 aliphatic carbocycles. The number of aromatic nitrogens is 3. The average molecular weight is 384 g/mol. The van der Waals surface area contributed by atoms with Gasteiger partial charge in [0.05, 0.1) is 10.0 Å². The number of aromatic hydroxyl groups is 1. The Morgan fingerprint density at radius 2 is 1.83 bits per heavy atom. The Balaban J connectivity index is 2.01. The molecular formula is C13H7Cl2N5O3S. The van der Waals surface area contributed by atoms with Gasteiger partial charge in [0.15, 0.2) is 0 Å². The molecular weight excluding hydrogens is 377 g/mol. The van der Waals surface area contributed by atoms with E-state index < -0.39 is 17.0 Å². The van der Waals surface area contributed by atoms with Crippen molar-refractivity contribution in [1.29, 1.82) is 0 Å². The summed E-state index contributed by atoms with van der Waals surface area (Å²) in [6.45, 7) is 0. The number of rotatable bonds is 3. The lowest BCUT2D eigenvalue weighted by molar-refractivity contribution is 0.457. The molecule has 2 N–H and O–H groups in total. The van der Waals surface area contributed by atoms with E-state index in [1.165, 1.54) is 0 Å². The van der Waals surface area contributed by atoms with Crippen molar-refractivity contribution in [3.8, 4) is 11.0 Å². The molecule has 3 rings (SSSR count). The van der Waals surface area contributed by atoms with Crippen LogP contribution < -0.4 is 11.1 Å². The lowest BCUT2D eigenvalue weighted by atomic mass is 10.3. The van der Waals surface area contributed by atoms with Gasteiger partial charge in [-0.3, -0.25) is 14.7 Å². The van der Waals surface area contributed by atoms with E-state index in [1.807, 2.05) is 0 Å². The molecule has 0 atom stereocenters. The summed E-state index contributed by atoms with van der Waals surface area (Å²) < 4.78 is 0.897. The molecule has 0 saturated carbocycles. The molecule has 2 aromatic heterocycles. The maximum absolute atomic E-state index is 11.7. The van der Waals surface area contributed by atoms with Crippen LogP contribution in [0, 0.1) is 0 Å². The molecule has 3 aromatic rings. The van der Waals surface area contributed by atoms with E-state index in [9.17, 15) is 14.7 Å². The van der Waals surface area contributed by atoms with E-state index in [0.29, 0.717) is 10.0 Å². The normalized spacial score (nSPS) is 11.2. The summed E-state index contributed by atoms with van der Waals surface area (Å²) in [5.41, 5.74) is -0.767. The third kappa shape index (κ3) is 3.23. The molecule has 24 heavy (non-hydrogen) atoms. The van der Waals surface area contributed by atoms with Crippen molar-refractivity contribution in [2.24, 2.45) is 10.2 Å². The van der Waals surface area contributed by atoms with Gasteiger partial charge < -0.3 is 5.11 Å². The molecule has 122 valence electrons. The van der Waals surface area contributed by atoms with Crippen LogP contribution in [0.4, 0.5) is 10.7 Å². The van der Waals surface area contributed by atoms with Gasteiger partial charge in [0, 0.05) is 12.1 Å². The fraction of sp³-hybridized carbons (Fsp3) is 0. The first kappa shape index (κ1) is 16.4. The van der Waals surface area contributed by atoms with Crippen LogP contribution in [0.2, 0.25) is 10.0 Å². The fourth-order valence-electron chi connectivity index (χ4n) is 1.70. The van der Waals surface area contributed by atoms with Crippen molar-refractivity contribution >= 4 is 45.2 Å². The van der Waals surface area contributed by atoms with Gasteiger partial charge >= 0.3 is 0 Å². The monoisotopic (exact) mass is 383 g/mol. The minimum absolute atomic E-state index is 0.0255. The molecule has 0 bridgehead atoms. The molecule has 0 aliphatic rings. The number of halogens is 2. The van der Waals surface area contributed by atoms with Crippen LogP contribution in [0.15, 0.2) is 50.1 Å². The van der Waals surface area contributed by atoms with E-state index in [1.54, 1.807) is 18.2 Å². The molecule has 2 heterocycles. The molecule has 0 aliphatic heterocycles. The summed E-state index contributed by atoms with van der Waals surface area (Å²) in [6.07, 6.45) is 0. The minimum atomic E-state index is -0.513. The maximum atomic E-state index is 11.7. The van der Waals surface area contributed by atoms with E-state index in [2.05, 4.69) is 20.3 Å². The SMILES string of the molecule is O=c1ccc(=O)n(-c2nc(O)c(N=Nc3c(Cl)cccc3Cl)s2)[nH]1. The summed E-state index contributed by atoms with van der Waals surface area (Å²) in [5, 5.41) is 20.5. The summed E-state index contributed by atoms with van der Waals surface area (Å²) >= 11 is 12.8. The Labute approximate surface area is 147 Å². The molecule has 11 heteroatoms. The predicted molar refractivity (Wildman–Crippen MR) is 90.6 cm³/mol. The van der Waals surface area contributed by atoms with Crippen molar-refractivity contribution in [2.45, 2.75) is 0 Å². The second-order valence-electron chi connectivity index (χ2n) is 4.38. The zero-order valence-electron chi connectivity index (χ0n) is 11.6. The van der Waals surface area contributed by atoms with E-state index in [4.69, 9.17) is 23.2 Å². The maximum Gasteiger partial charge on any atom is 0.272 e. The third-order valence-corrected chi connectivity index (χ3v) is 4.29. The van der Waals surface area contributed by atoms with Crippen LogP contribution in [-0.4, -0.2) is 19.9 Å². The first-order chi connectivity index (χ1) is 11.5. The zero-order valence-corrected chi connectivity index (χ0v) is 13.9. The minimum Gasteiger partial charge on any atom is -0.491 e. The highest BCUT2D eigenvalue weighted by molar-refractivity contribution is 7.18. The van der Waals surface area contributed by atoms with Crippen LogP contribution in [0.3, 0.4) is 0 Å². The largest absolute Gasteiger partial charge is 0.491 e. The van der Waals surface area contributed by atoms with Crippen molar-refractivity contribution in [2.75, 3.05) is 0 Å². The number of nitrogens with zero attached hydrogens (tertiary/aromatic N) is 4. The van der Waals surface area contributed by atoms with Gasteiger partial charge in [0.1, 0.15) is 5.69 Å². The Morgan fingerprint density at radius 3 is 2.54 bits per heavy atom. The summed E-state index contributed by atoms with van der Waals surface area (Å²) in [6, 6.07) is 7.01. The Bertz CT molecular complexity index is 1040. The number of benzene rings is 1. The Morgan fingerprint density at radius 1 is 1.12 bits per heavy atom. The number of thiazole rings is 1. The number of hydrogen-bond acceptors (Lipinski definition) is 7. The number of H-pyrrole nitrogens is 1. The van der Waals surface area contributed by atoms with Gasteiger partial charge in [0.2, 0.25) is 10.1 Å². The van der Waals surface area contributed by atoms with Crippen LogP contribution in [0.5, 0.6) is 5.88 Å². The highest BCUT2D eigenvalue weighted by Crippen LogP contribution is 2.38. The number of hydrogen-bond donors (Lipinski definition) is 2. The van der Waals surface area contributed by atoms with Gasteiger partial charge in [-0.2, -0.15) is 9.67 Å². The predicted octanol–water partition coefficient (Wildman–Crippen LogP) is 3.41. The first-order valence-corrected chi connectivity index (χ1v) is 7.91. The number of azo groups is 1. The van der Waals surface area contributed by atoms with Gasteiger partial charge in [-0.05, 0) is 12.1 Å². The van der Waals surface area contributed by atoms with Crippen molar-refractivity contribution in [3.05, 3.63) is 61.1 Å². The van der Waals surface area contributed by atoms with E-state index in [0.717, 1.165) is 28.2 Å². The van der Waals surface area contributed by atoms with Crippen LogP contribution >= 0.6 is 34.5 Å². The smallest absolute Gasteiger partial charge is 0.272 e. The average Bonchev–Trinajstić information content (AvgIpc) is 2.90. The van der Waals surface area contributed by atoms with Crippen LogP contribution in [-0.2, 0) is 0 Å². The Hall–Kier alpha value is -2.49. The molecule has 0 spiro atoms. The molecule has 0 unspecified atom stereocenters. The molecule has 0 radical (unpaired) electrons. The van der Waals surface area contributed by atoms with Gasteiger partial charge in [-0.25, -0.2) is 0 Å². The lowest BCUT2D eigenvalue weighted by Gasteiger charge is -1.98. The van der Waals surface area contributed by atoms with Crippen molar-refractivity contribution in [3.63, 3.8) is 0 Å². The molecule has 0 saturated heterocycles. The number of aromatic amines is 1. The fourth-order valence-corrected chi connectivity index (χ4v) is 2.92. The van der Waals surface area contributed by atoms with Gasteiger partial charge in [0.25, 0.3) is 17.0 Å². The van der Waals surface area contributed by atoms with E-state index in [-0.39, 0.29) is 15.8 Å². The quantitative estimate of drug-likeness (QED) is 0.674. The zero-order chi connectivity index (χ0) is 17.3. The molecule has 8 nitrogen and oxygen atoms in total. The Kier molecular flexibility index (Phi) is 4.47. The number of nitrogens with one attached hydrogen (secondary N) is 1. The topological polar surface area (TPSA) is 113 Å². The summed E-state index contributed by atoms with van der Waals surface area (Å²) in [5.74, 6) is -0.446. The first-order valence-electron chi connectivity index (χ1n) is 6.34. The highest BCUT2D eigenvalue weighted by atomic mass is 35.5. The standard InChI is InChI=1S/C13H7Cl2N5O3S/c14-6-2-1-3-7(15)10(6)17-18-12-11(23)16-13(24-12)20-9(22)5-4-8(21)19-20/h1-5,23H,(H,19,21). The van der Waals surface area contributed by atoms with Crippen molar-refractivity contribution in [1.82, 2.24) is 14.8 Å². The second kappa shape index (κ2) is 6.56. The second-order valence-corrected chi connectivity index (χ2v) is 6.15. The highest BCUT2D eigenvalue weighted by Gasteiger charge is 2.13. The third-order valence-electron chi connectivity index (χ3n) is 2.77. The lowest BCUT2D eigenvalue weighted by Crippen LogP contribution is -2.26. The van der Waals surface area contributed by atoms with Gasteiger partial charge in [-0.1, -0.05) is 40.6 Å². The van der Waals surface area contributed by atoms with Crippen LogP contribution in [0.1, 0.15) is 0 Å². The molecule has 0 amide bonds.